The van der Waals surface area contributed by atoms with Crippen LogP contribution in [-0.2, 0) is 6.61 Å². The molecule has 22 heavy (non-hydrogen) atoms. The van der Waals surface area contributed by atoms with E-state index in [9.17, 15) is 9.59 Å². The third-order valence-corrected chi connectivity index (χ3v) is 4.18. The molecule has 0 radical (unpaired) electrons. The van der Waals surface area contributed by atoms with Gasteiger partial charge in [-0.2, -0.15) is 0 Å². The molecule has 0 saturated carbocycles. The molecule has 116 valence electrons. The van der Waals surface area contributed by atoms with Crippen LogP contribution in [0.15, 0.2) is 30.3 Å². The first-order chi connectivity index (χ1) is 10.6. The van der Waals surface area contributed by atoms with Gasteiger partial charge in [0.15, 0.2) is 0 Å². The maximum absolute atomic E-state index is 11.9. The van der Waals surface area contributed by atoms with E-state index in [1.165, 1.54) is 18.4 Å². The van der Waals surface area contributed by atoms with Gasteiger partial charge in [0.1, 0.15) is 5.00 Å². The van der Waals surface area contributed by atoms with E-state index in [2.05, 4.69) is 16.0 Å². The van der Waals surface area contributed by atoms with Gasteiger partial charge in [-0.15, -0.1) is 11.3 Å². The number of urea groups is 1. The van der Waals surface area contributed by atoms with Gasteiger partial charge in [0.2, 0.25) is 0 Å². The largest absolute Gasteiger partial charge is 0.392 e. The SMILES string of the molecule is CNC(=O)Nc1sc(-c2ccc(CO)cc2)cc1C(=O)NC. The number of aliphatic hydroxyl groups excluding tert-OH is 1. The number of carbonyl (C=O) groups excluding carboxylic acids is 2. The molecule has 1 aromatic carbocycles. The Hall–Kier alpha value is -2.38. The van der Waals surface area contributed by atoms with Gasteiger partial charge in [0.25, 0.3) is 5.91 Å². The van der Waals surface area contributed by atoms with Crippen LogP contribution >= 0.6 is 11.3 Å². The highest BCUT2D eigenvalue weighted by molar-refractivity contribution is 7.20. The summed E-state index contributed by atoms with van der Waals surface area (Å²) >= 11 is 1.32. The van der Waals surface area contributed by atoms with Crippen molar-refractivity contribution in [3.05, 3.63) is 41.5 Å². The quantitative estimate of drug-likeness (QED) is 0.695. The number of amides is 3. The van der Waals surface area contributed by atoms with Crippen molar-refractivity contribution in [3.63, 3.8) is 0 Å². The van der Waals surface area contributed by atoms with Crippen molar-refractivity contribution in [1.82, 2.24) is 10.6 Å². The molecule has 2 rings (SSSR count). The first-order valence-corrected chi connectivity index (χ1v) is 7.45. The minimum Gasteiger partial charge on any atom is -0.392 e. The summed E-state index contributed by atoms with van der Waals surface area (Å²) in [7, 11) is 3.05. The highest BCUT2D eigenvalue weighted by atomic mass is 32.1. The first-order valence-electron chi connectivity index (χ1n) is 6.63. The van der Waals surface area contributed by atoms with Crippen molar-refractivity contribution in [1.29, 1.82) is 0 Å². The molecule has 0 bridgehead atoms. The highest BCUT2D eigenvalue weighted by Gasteiger charge is 2.17. The Morgan fingerprint density at radius 1 is 1.14 bits per heavy atom. The third kappa shape index (κ3) is 3.44. The van der Waals surface area contributed by atoms with Crippen LogP contribution in [0.4, 0.5) is 9.80 Å². The van der Waals surface area contributed by atoms with Gasteiger partial charge in [0, 0.05) is 19.0 Å². The monoisotopic (exact) mass is 319 g/mol. The van der Waals surface area contributed by atoms with Gasteiger partial charge in [-0.1, -0.05) is 24.3 Å². The summed E-state index contributed by atoms with van der Waals surface area (Å²) in [4.78, 5) is 24.3. The Morgan fingerprint density at radius 2 is 1.82 bits per heavy atom. The Labute approximate surface area is 132 Å². The summed E-state index contributed by atoms with van der Waals surface area (Å²) in [5, 5.41) is 17.2. The second-order valence-corrected chi connectivity index (χ2v) is 5.54. The number of carbonyl (C=O) groups is 2. The molecule has 0 spiro atoms. The smallest absolute Gasteiger partial charge is 0.319 e. The minimum absolute atomic E-state index is 0.0162. The molecule has 3 amide bonds. The number of anilines is 1. The Bertz CT molecular complexity index is 680. The molecule has 4 N–H and O–H groups in total. The summed E-state index contributed by atoms with van der Waals surface area (Å²) in [5.41, 5.74) is 2.14. The lowest BCUT2D eigenvalue weighted by atomic mass is 10.1. The molecule has 2 aromatic rings. The van der Waals surface area contributed by atoms with Crippen LogP contribution in [0.1, 0.15) is 15.9 Å². The van der Waals surface area contributed by atoms with Crippen LogP contribution in [-0.4, -0.2) is 31.1 Å². The van der Waals surface area contributed by atoms with E-state index in [0.29, 0.717) is 10.6 Å². The molecule has 0 aliphatic heterocycles. The second kappa shape index (κ2) is 7.06. The van der Waals surface area contributed by atoms with Crippen LogP contribution in [0.25, 0.3) is 10.4 Å². The van der Waals surface area contributed by atoms with Gasteiger partial charge in [-0.25, -0.2) is 4.79 Å². The molecular weight excluding hydrogens is 302 g/mol. The molecule has 6 nitrogen and oxygen atoms in total. The molecule has 1 aromatic heterocycles. The van der Waals surface area contributed by atoms with Crippen molar-refractivity contribution < 1.29 is 14.7 Å². The summed E-state index contributed by atoms with van der Waals surface area (Å²) in [6, 6.07) is 8.74. The van der Waals surface area contributed by atoms with Gasteiger partial charge in [-0.3, -0.25) is 10.1 Å². The number of hydrogen-bond donors (Lipinski definition) is 4. The van der Waals surface area contributed by atoms with Crippen LogP contribution in [0.3, 0.4) is 0 Å². The third-order valence-electron chi connectivity index (χ3n) is 3.08. The van der Waals surface area contributed by atoms with Gasteiger partial charge >= 0.3 is 6.03 Å². The molecule has 0 saturated heterocycles. The van der Waals surface area contributed by atoms with E-state index in [-0.39, 0.29) is 18.5 Å². The maximum atomic E-state index is 11.9. The minimum atomic E-state index is -0.380. The zero-order chi connectivity index (χ0) is 16.1. The zero-order valence-electron chi connectivity index (χ0n) is 12.3. The average molecular weight is 319 g/mol. The summed E-state index contributed by atoms with van der Waals surface area (Å²) < 4.78 is 0. The zero-order valence-corrected chi connectivity index (χ0v) is 13.1. The summed E-state index contributed by atoms with van der Waals surface area (Å²) in [5.74, 6) is -0.263. The van der Waals surface area contributed by atoms with E-state index >= 15 is 0 Å². The Morgan fingerprint density at radius 3 is 2.36 bits per heavy atom. The van der Waals surface area contributed by atoms with E-state index in [4.69, 9.17) is 5.11 Å². The lowest BCUT2D eigenvalue weighted by Gasteiger charge is -2.04. The Balaban J connectivity index is 2.39. The summed E-state index contributed by atoms with van der Waals surface area (Å²) in [6.45, 7) is -0.0162. The molecule has 0 unspecified atom stereocenters. The van der Waals surface area contributed by atoms with Crippen molar-refractivity contribution >= 4 is 28.3 Å². The van der Waals surface area contributed by atoms with E-state index in [1.54, 1.807) is 13.1 Å². The predicted molar refractivity (Wildman–Crippen MR) is 87.1 cm³/mol. The van der Waals surface area contributed by atoms with Gasteiger partial charge in [-0.05, 0) is 17.2 Å². The molecule has 7 heteroatoms. The topological polar surface area (TPSA) is 90.5 Å². The van der Waals surface area contributed by atoms with E-state index < -0.39 is 0 Å². The number of nitrogens with one attached hydrogen (secondary N) is 3. The number of thiophene rings is 1. The van der Waals surface area contributed by atoms with Crippen molar-refractivity contribution in [3.8, 4) is 10.4 Å². The number of rotatable bonds is 4. The number of aliphatic hydroxyl groups is 1. The fourth-order valence-electron chi connectivity index (χ4n) is 1.87. The average Bonchev–Trinajstić information content (AvgIpc) is 2.97. The first kappa shape index (κ1) is 16.0. The van der Waals surface area contributed by atoms with Crippen LogP contribution in [0.2, 0.25) is 0 Å². The molecule has 0 aliphatic carbocycles. The maximum Gasteiger partial charge on any atom is 0.319 e. The normalized spacial score (nSPS) is 10.1. The predicted octanol–water partition coefficient (Wildman–Crippen LogP) is 2.02. The Kier molecular flexibility index (Phi) is 5.13. The molecule has 1 heterocycles. The fourth-order valence-corrected chi connectivity index (χ4v) is 2.93. The second-order valence-electron chi connectivity index (χ2n) is 4.49. The van der Waals surface area contributed by atoms with E-state index in [1.807, 2.05) is 24.3 Å². The van der Waals surface area contributed by atoms with Crippen molar-refractivity contribution in [2.45, 2.75) is 6.61 Å². The number of benzene rings is 1. The molecule has 0 atom stereocenters. The lowest BCUT2D eigenvalue weighted by molar-refractivity contribution is 0.0964. The highest BCUT2D eigenvalue weighted by Crippen LogP contribution is 2.35. The van der Waals surface area contributed by atoms with Gasteiger partial charge in [0.05, 0.1) is 12.2 Å². The number of hydrogen-bond acceptors (Lipinski definition) is 4. The van der Waals surface area contributed by atoms with Crippen LogP contribution in [0.5, 0.6) is 0 Å². The fraction of sp³-hybridized carbons (Fsp3) is 0.200. The van der Waals surface area contributed by atoms with Crippen LogP contribution < -0.4 is 16.0 Å². The molecule has 0 aliphatic rings. The molecule has 0 fully saturated rings. The van der Waals surface area contributed by atoms with Gasteiger partial charge < -0.3 is 15.7 Å². The van der Waals surface area contributed by atoms with E-state index in [0.717, 1.165) is 16.0 Å². The lowest BCUT2D eigenvalue weighted by Crippen LogP contribution is -2.26. The van der Waals surface area contributed by atoms with Crippen molar-refractivity contribution in [2.75, 3.05) is 19.4 Å². The summed E-state index contributed by atoms with van der Waals surface area (Å²) in [6.07, 6.45) is 0. The van der Waals surface area contributed by atoms with Crippen molar-refractivity contribution in [2.24, 2.45) is 0 Å². The van der Waals surface area contributed by atoms with Crippen LogP contribution in [0, 0.1) is 0 Å². The molecular formula is C15H17N3O3S. The standard InChI is InChI=1S/C15H17N3O3S/c1-16-13(20)11-7-12(22-14(11)18-15(21)17-2)10-5-3-9(8-19)4-6-10/h3-7,19H,8H2,1-2H3,(H,16,20)(H2,17,18,21).